The minimum Gasteiger partial charge on any atom is -0.489 e. The number of benzene rings is 1. The number of piperidine rings is 1. The first-order valence-electron chi connectivity index (χ1n) is 10.2. The van der Waals surface area contributed by atoms with Crippen LogP contribution in [-0.2, 0) is 19.6 Å². The summed E-state index contributed by atoms with van der Waals surface area (Å²) in [6, 6.07) is 5.47. The summed E-state index contributed by atoms with van der Waals surface area (Å²) in [7, 11) is -3.86. The molecule has 1 aliphatic heterocycles. The number of nitrogens with one attached hydrogen (secondary N) is 1. The molecule has 1 aromatic rings. The molecule has 29 heavy (non-hydrogen) atoms. The zero-order chi connectivity index (χ0) is 20.9. The van der Waals surface area contributed by atoms with Crippen LogP contribution in [-0.4, -0.2) is 56.9 Å². The molecule has 3 rings (SSSR count). The second kappa shape index (κ2) is 10.00. The van der Waals surface area contributed by atoms with Crippen molar-refractivity contribution in [3.8, 4) is 5.75 Å². The number of carbonyl (C=O) groups excluding carboxylic acids is 1. The maximum absolute atomic E-state index is 12.0. The number of esters is 1. The van der Waals surface area contributed by atoms with Crippen molar-refractivity contribution in [2.75, 3.05) is 30.2 Å². The second-order valence-electron chi connectivity index (χ2n) is 7.60. The molecule has 1 saturated carbocycles. The summed E-state index contributed by atoms with van der Waals surface area (Å²) in [5, 5.41) is 0.333. The highest BCUT2D eigenvalue weighted by atomic mass is 35.5. The van der Waals surface area contributed by atoms with Crippen molar-refractivity contribution in [3.63, 3.8) is 0 Å². The van der Waals surface area contributed by atoms with E-state index in [1.807, 2.05) is 0 Å². The Hall–Kier alpha value is -1.51. The number of hydrogen-bond acceptors (Lipinski definition) is 6. The molecule has 0 radical (unpaired) electrons. The van der Waals surface area contributed by atoms with Gasteiger partial charge in [-0.15, -0.1) is 0 Å². The second-order valence-corrected chi connectivity index (χ2v) is 9.73. The van der Waals surface area contributed by atoms with E-state index in [0.717, 1.165) is 32.0 Å². The quantitative estimate of drug-likeness (QED) is 0.618. The van der Waals surface area contributed by atoms with E-state index in [1.54, 1.807) is 19.1 Å². The van der Waals surface area contributed by atoms with E-state index in [1.165, 1.54) is 31.7 Å². The van der Waals surface area contributed by atoms with Gasteiger partial charge in [0.2, 0.25) is 10.0 Å². The van der Waals surface area contributed by atoms with Gasteiger partial charge in [-0.05, 0) is 50.8 Å². The predicted octanol–water partition coefficient (Wildman–Crippen LogP) is 3.43. The molecule has 1 aliphatic carbocycles. The van der Waals surface area contributed by atoms with Crippen LogP contribution < -0.4 is 9.46 Å². The lowest BCUT2D eigenvalue weighted by Crippen LogP contribution is -2.43. The third-order valence-corrected chi connectivity index (χ3v) is 6.89. The number of rotatable bonds is 8. The molecular formula is C20H29ClN2O5S. The highest BCUT2D eigenvalue weighted by Gasteiger charge is 2.28. The van der Waals surface area contributed by atoms with Gasteiger partial charge >= 0.3 is 5.97 Å². The third kappa shape index (κ3) is 6.49. The molecule has 9 heteroatoms. The van der Waals surface area contributed by atoms with Crippen molar-refractivity contribution < 1.29 is 22.7 Å². The summed E-state index contributed by atoms with van der Waals surface area (Å²) in [6.45, 7) is 3.83. The van der Waals surface area contributed by atoms with Crippen molar-refractivity contribution >= 4 is 33.3 Å². The normalized spacial score (nSPS) is 19.2. The summed E-state index contributed by atoms with van der Waals surface area (Å²) in [6.07, 6.45) is 7.33. The first-order chi connectivity index (χ1) is 13.9. The number of nitrogens with zero attached hydrogens (tertiary/aromatic N) is 1. The fourth-order valence-corrected chi connectivity index (χ4v) is 5.22. The molecule has 0 bridgehead atoms. The molecule has 1 N–H and O–H groups in total. The minimum atomic E-state index is -3.86. The van der Waals surface area contributed by atoms with Crippen molar-refractivity contribution in [3.05, 3.63) is 23.2 Å². The van der Waals surface area contributed by atoms with Crippen LogP contribution in [0.15, 0.2) is 18.2 Å². The van der Waals surface area contributed by atoms with Gasteiger partial charge in [-0.2, -0.15) is 0 Å². The molecule has 0 aromatic heterocycles. The molecule has 2 aliphatic rings. The first kappa shape index (κ1) is 22.2. The van der Waals surface area contributed by atoms with Crippen LogP contribution in [0.4, 0.5) is 5.69 Å². The smallest absolute Gasteiger partial charge is 0.323 e. The highest BCUT2D eigenvalue weighted by Crippen LogP contribution is 2.32. The molecule has 0 atom stereocenters. The fourth-order valence-electron chi connectivity index (χ4n) is 4.04. The van der Waals surface area contributed by atoms with E-state index in [4.69, 9.17) is 16.3 Å². The third-order valence-electron chi connectivity index (χ3n) is 5.43. The largest absolute Gasteiger partial charge is 0.489 e. The minimum absolute atomic E-state index is 0.108. The monoisotopic (exact) mass is 444 g/mol. The summed E-state index contributed by atoms with van der Waals surface area (Å²) in [5.41, 5.74) is 0.280. The van der Waals surface area contributed by atoms with E-state index in [0.29, 0.717) is 10.8 Å². The Kier molecular flexibility index (Phi) is 7.65. The molecule has 1 aromatic carbocycles. The van der Waals surface area contributed by atoms with E-state index in [9.17, 15) is 13.2 Å². The van der Waals surface area contributed by atoms with Crippen LogP contribution in [0.2, 0.25) is 5.02 Å². The van der Waals surface area contributed by atoms with E-state index < -0.39 is 21.7 Å². The SMILES string of the molecule is CCOC(=O)CS(=O)(=O)Nc1ccc(OC2CCN(C3CCCC3)CC2)c(Cl)c1. The van der Waals surface area contributed by atoms with Gasteiger partial charge in [0.05, 0.1) is 17.3 Å². The first-order valence-corrected chi connectivity index (χ1v) is 12.3. The molecule has 1 heterocycles. The zero-order valence-electron chi connectivity index (χ0n) is 16.7. The van der Waals surface area contributed by atoms with Gasteiger partial charge in [-0.25, -0.2) is 8.42 Å². The van der Waals surface area contributed by atoms with Gasteiger partial charge in [-0.3, -0.25) is 9.52 Å². The summed E-state index contributed by atoms with van der Waals surface area (Å²) >= 11 is 6.30. The number of ether oxygens (including phenoxy) is 2. The zero-order valence-corrected chi connectivity index (χ0v) is 18.3. The highest BCUT2D eigenvalue weighted by molar-refractivity contribution is 7.93. The number of likely N-dealkylation sites (tertiary alicyclic amines) is 1. The van der Waals surface area contributed by atoms with Crippen molar-refractivity contribution in [1.29, 1.82) is 0 Å². The topological polar surface area (TPSA) is 84.9 Å². The average Bonchev–Trinajstić information content (AvgIpc) is 3.18. The molecule has 0 spiro atoms. The number of halogens is 1. The van der Waals surface area contributed by atoms with Gasteiger partial charge in [0, 0.05) is 19.1 Å². The van der Waals surface area contributed by atoms with Crippen LogP contribution in [0, 0.1) is 0 Å². The lowest BCUT2D eigenvalue weighted by molar-refractivity contribution is -0.139. The molecule has 1 saturated heterocycles. The van der Waals surface area contributed by atoms with E-state index in [-0.39, 0.29) is 18.4 Å². The van der Waals surface area contributed by atoms with Crippen molar-refractivity contribution in [1.82, 2.24) is 4.90 Å². The van der Waals surface area contributed by atoms with Gasteiger partial charge in [0.15, 0.2) is 5.75 Å². The van der Waals surface area contributed by atoms with Crippen molar-refractivity contribution in [2.24, 2.45) is 0 Å². The Morgan fingerprint density at radius 1 is 1.21 bits per heavy atom. The lowest BCUT2D eigenvalue weighted by atomic mass is 10.0. The average molecular weight is 445 g/mol. The Morgan fingerprint density at radius 2 is 1.90 bits per heavy atom. The van der Waals surface area contributed by atoms with Crippen LogP contribution in [0.1, 0.15) is 45.4 Å². The molecule has 0 amide bonds. The molecule has 2 fully saturated rings. The van der Waals surface area contributed by atoms with Gasteiger partial charge in [-0.1, -0.05) is 24.4 Å². The lowest BCUT2D eigenvalue weighted by Gasteiger charge is -2.36. The predicted molar refractivity (Wildman–Crippen MR) is 113 cm³/mol. The maximum atomic E-state index is 12.0. The molecule has 7 nitrogen and oxygen atoms in total. The van der Waals surface area contributed by atoms with E-state index in [2.05, 4.69) is 14.4 Å². The Labute approximate surface area is 177 Å². The number of carbonyl (C=O) groups is 1. The molecule has 0 unspecified atom stereocenters. The van der Waals surface area contributed by atoms with Gasteiger partial charge in [0.25, 0.3) is 0 Å². The number of anilines is 1. The van der Waals surface area contributed by atoms with Crippen molar-refractivity contribution in [2.45, 2.75) is 57.6 Å². The Balaban J connectivity index is 1.52. The van der Waals surface area contributed by atoms with Gasteiger partial charge in [0.1, 0.15) is 11.9 Å². The van der Waals surface area contributed by atoms with Crippen LogP contribution in [0.25, 0.3) is 0 Å². The summed E-state index contributed by atoms with van der Waals surface area (Å²) < 4.78 is 37.2. The van der Waals surface area contributed by atoms with Crippen LogP contribution >= 0.6 is 11.6 Å². The summed E-state index contributed by atoms with van der Waals surface area (Å²) in [4.78, 5) is 14.0. The standard InChI is InChI=1S/C20H29ClN2O5S/c1-2-27-20(24)14-29(25,26)22-15-7-8-19(18(21)13-15)28-17-9-11-23(12-10-17)16-5-3-4-6-16/h7-8,13,16-17,22H,2-6,9-12,14H2,1H3. The van der Waals surface area contributed by atoms with E-state index >= 15 is 0 Å². The van der Waals surface area contributed by atoms with Crippen LogP contribution in [0.3, 0.4) is 0 Å². The molecule has 162 valence electrons. The maximum Gasteiger partial charge on any atom is 0.323 e. The number of hydrogen-bond donors (Lipinski definition) is 1. The Bertz CT molecular complexity index is 803. The van der Waals surface area contributed by atoms with Crippen LogP contribution in [0.5, 0.6) is 5.75 Å². The van der Waals surface area contributed by atoms with Gasteiger partial charge < -0.3 is 14.4 Å². The summed E-state index contributed by atoms with van der Waals surface area (Å²) in [5.74, 6) is -0.995. The molecular weight excluding hydrogens is 416 g/mol. The number of sulfonamides is 1. The fraction of sp³-hybridized carbons (Fsp3) is 0.650. The Morgan fingerprint density at radius 3 is 2.52 bits per heavy atom.